The third-order valence-electron chi connectivity index (χ3n) is 3.39. The Morgan fingerprint density at radius 1 is 1.29 bits per heavy atom. The van der Waals surface area contributed by atoms with Crippen LogP contribution in [0.5, 0.6) is 5.75 Å². The number of aromatic carboxylic acids is 1. The van der Waals surface area contributed by atoms with Gasteiger partial charge in [0.25, 0.3) is 0 Å². The van der Waals surface area contributed by atoms with Gasteiger partial charge in [-0.3, -0.25) is 4.98 Å². The fourth-order valence-electron chi connectivity index (χ4n) is 2.39. The molecule has 0 aliphatic rings. The number of hydrogen-bond acceptors (Lipinski definition) is 5. The van der Waals surface area contributed by atoms with Crippen molar-refractivity contribution in [1.29, 1.82) is 0 Å². The fourth-order valence-corrected chi connectivity index (χ4v) is 2.39. The maximum Gasteiger partial charge on any atom is 0.341 e. The Labute approximate surface area is 119 Å². The first-order valence-electron chi connectivity index (χ1n) is 6.27. The van der Waals surface area contributed by atoms with Gasteiger partial charge in [0.2, 0.25) is 0 Å². The summed E-state index contributed by atoms with van der Waals surface area (Å²) in [5.74, 6) is -0.798. The van der Waals surface area contributed by atoms with E-state index in [0.717, 1.165) is 23.0 Å². The summed E-state index contributed by atoms with van der Waals surface area (Å²) >= 11 is 0. The van der Waals surface area contributed by atoms with Crippen molar-refractivity contribution in [2.75, 3.05) is 0 Å². The Hall–Kier alpha value is -2.89. The highest BCUT2D eigenvalue weighted by molar-refractivity contribution is 5.99. The summed E-state index contributed by atoms with van der Waals surface area (Å²) in [7, 11) is 0. The Balaban J connectivity index is 2.23. The van der Waals surface area contributed by atoms with Crippen LogP contribution in [0.3, 0.4) is 0 Å². The zero-order chi connectivity index (χ0) is 15.1. The van der Waals surface area contributed by atoms with Crippen LogP contribution in [0.4, 0.5) is 0 Å². The van der Waals surface area contributed by atoms with E-state index in [1.165, 1.54) is 0 Å². The summed E-state index contributed by atoms with van der Waals surface area (Å²) in [4.78, 5) is 15.1. The van der Waals surface area contributed by atoms with Crippen LogP contribution < -0.4 is 0 Å². The predicted octanol–water partition coefficient (Wildman–Crippen LogP) is 2.91. The van der Waals surface area contributed by atoms with Crippen LogP contribution >= 0.6 is 0 Å². The highest BCUT2D eigenvalue weighted by Gasteiger charge is 2.16. The third kappa shape index (κ3) is 2.01. The van der Waals surface area contributed by atoms with Gasteiger partial charge in [-0.1, -0.05) is 11.2 Å². The van der Waals surface area contributed by atoms with E-state index < -0.39 is 5.97 Å². The molecule has 0 bridgehead atoms. The molecule has 2 heterocycles. The minimum absolute atomic E-state index is 0.215. The summed E-state index contributed by atoms with van der Waals surface area (Å²) in [5.41, 5.74) is 2.79. The lowest BCUT2D eigenvalue weighted by Gasteiger charge is -2.06. The van der Waals surface area contributed by atoms with Crippen LogP contribution in [-0.4, -0.2) is 26.3 Å². The van der Waals surface area contributed by atoms with Crippen LogP contribution in [-0.2, 0) is 0 Å². The lowest BCUT2D eigenvalue weighted by molar-refractivity contribution is 0.0693. The van der Waals surface area contributed by atoms with Gasteiger partial charge in [0.1, 0.15) is 17.1 Å². The van der Waals surface area contributed by atoms with Crippen molar-refractivity contribution in [3.05, 3.63) is 41.4 Å². The molecule has 0 fully saturated rings. The van der Waals surface area contributed by atoms with Crippen molar-refractivity contribution in [3.63, 3.8) is 0 Å². The minimum Gasteiger partial charge on any atom is -0.506 e. The Bertz CT molecular complexity index is 848. The molecule has 21 heavy (non-hydrogen) atoms. The second-order valence-corrected chi connectivity index (χ2v) is 4.76. The first-order chi connectivity index (χ1) is 9.99. The van der Waals surface area contributed by atoms with Gasteiger partial charge in [0.05, 0.1) is 11.2 Å². The Morgan fingerprint density at radius 3 is 2.67 bits per heavy atom. The second-order valence-electron chi connectivity index (χ2n) is 4.76. The first kappa shape index (κ1) is 13.1. The van der Waals surface area contributed by atoms with E-state index in [2.05, 4.69) is 10.1 Å². The van der Waals surface area contributed by atoms with Crippen LogP contribution in [0, 0.1) is 13.8 Å². The molecule has 6 nitrogen and oxygen atoms in total. The SMILES string of the molecule is Cc1noc(C)c1-c1ccc2c(O)c(C(=O)O)cnc2c1. The molecule has 3 aromatic rings. The Kier molecular flexibility index (Phi) is 2.86. The van der Waals surface area contributed by atoms with Gasteiger partial charge in [0.15, 0.2) is 0 Å². The molecule has 0 atom stereocenters. The largest absolute Gasteiger partial charge is 0.506 e. The molecule has 3 rings (SSSR count). The molecule has 0 saturated carbocycles. The van der Waals surface area contributed by atoms with E-state index in [1.807, 2.05) is 13.8 Å². The van der Waals surface area contributed by atoms with Gasteiger partial charge >= 0.3 is 5.97 Å². The molecule has 2 N–H and O–H groups in total. The summed E-state index contributed by atoms with van der Waals surface area (Å²) < 4.78 is 5.14. The van der Waals surface area contributed by atoms with E-state index in [-0.39, 0.29) is 11.3 Å². The third-order valence-corrected chi connectivity index (χ3v) is 3.39. The van der Waals surface area contributed by atoms with Gasteiger partial charge in [-0.25, -0.2) is 4.79 Å². The number of aromatic nitrogens is 2. The number of carbonyl (C=O) groups is 1. The normalized spacial score (nSPS) is 11.0. The zero-order valence-corrected chi connectivity index (χ0v) is 11.4. The first-order valence-corrected chi connectivity index (χ1v) is 6.27. The van der Waals surface area contributed by atoms with Gasteiger partial charge in [-0.15, -0.1) is 0 Å². The molecule has 1 aromatic carbocycles. The standard InChI is InChI=1S/C15H12N2O4/c1-7-13(8(2)21-17-7)9-3-4-10-12(5-9)16-6-11(14(10)18)15(19)20/h3-6H,1-2H3,(H,16,18)(H,19,20). The van der Waals surface area contributed by atoms with Crippen molar-refractivity contribution in [1.82, 2.24) is 10.1 Å². The fraction of sp³-hybridized carbons (Fsp3) is 0.133. The Morgan fingerprint density at radius 2 is 2.05 bits per heavy atom. The number of benzene rings is 1. The van der Waals surface area contributed by atoms with Gasteiger partial charge in [-0.2, -0.15) is 0 Å². The monoisotopic (exact) mass is 284 g/mol. The van der Waals surface area contributed by atoms with Crippen molar-refractivity contribution >= 4 is 16.9 Å². The van der Waals surface area contributed by atoms with Gasteiger partial charge < -0.3 is 14.7 Å². The molecule has 0 aliphatic heterocycles. The number of rotatable bonds is 2. The van der Waals surface area contributed by atoms with Crippen LogP contribution in [0.15, 0.2) is 28.9 Å². The smallest absolute Gasteiger partial charge is 0.341 e. The lowest BCUT2D eigenvalue weighted by atomic mass is 10.0. The quantitative estimate of drug-likeness (QED) is 0.751. The molecule has 106 valence electrons. The topological polar surface area (TPSA) is 96.5 Å². The molecule has 0 saturated heterocycles. The number of aryl methyl sites for hydroxylation is 2. The van der Waals surface area contributed by atoms with Crippen LogP contribution in [0.1, 0.15) is 21.8 Å². The summed E-state index contributed by atoms with van der Waals surface area (Å²) in [5, 5.41) is 23.3. The van der Waals surface area contributed by atoms with Crippen LogP contribution in [0.2, 0.25) is 0 Å². The van der Waals surface area contributed by atoms with Crippen LogP contribution in [0.25, 0.3) is 22.0 Å². The maximum atomic E-state index is 11.0. The molecule has 0 radical (unpaired) electrons. The van der Waals surface area contributed by atoms with E-state index in [9.17, 15) is 9.90 Å². The zero-order valence-electron chi connectivity index (χ0n) is 11.4. The van der Waals surface area contributed by atoms with E-state index in [4.69, 9.17) is 9.63 Å². The average Bonchev–Trinajstić information content (AvgIpc) is 2.77. The predicted molar refractivity (Wildman–Crippen MR) is 75.3 cm³/mol. The molecule has 0 spiro atoms. The highest BCUT2D eigenvalue weighted by atomic mass is 16.5. The van der Waals surface area contributed by atoms with Crippen molar-refractivity contribution in [2.45, 2.75) is 13.8 Å². The molecule has 2 aromatic heterocycles. The van der Waals surface area contributed by atoms with Gasteiger partial charge in [0, 0.05) is 17.1 Å². The van der Waals surface area contributed by atoms with E-state index in [1.54, 1.807) is 18.2 Å². The lowest BCUT2D eigenvalue weighted by Crippen LogP contribution is -1.98. The molecule has 0 unspecified atom stereocenters. The average molecular weight is 284 g/mol. The number of carboxylic acids is 1. The van der Waals surface area contributed by atoms with Crippen molar-refractivity contribution in [3.8, 4) is 16.9 Å². The minimum atomic E-state index is -1.21. The molecule has 6 heteroatoms. The van der Waals surface area contributed by atoms with Crippen molar-refractivity contribution < 1.29 is 19.5 Å². The summed E-state index contributed by atoms with van der Waals surface area (Å²) in [6, 6.07) is 5.19. The number of pyridine rings is 1. The van der Waals surface area contributed by atoms with Crippen molar-refractivity contribution in [2.24, 2.45) is 0 Å². The van der Waals surface area contributed by atoms with E-state index in [0.29, 0.717) is 16.7 Å². The number of aromatic hydroxyl groups is 1. The number of nitrogens with zero attached hydrogens (tertiary/aromatic N) is 2. The molecular weight excluding hydrogens is 272 g/mol. The maximum absolute atomic E-state index is 11.0. The second kappa shape index (κ2) is 4.59. The van der Waals surface area contributed by atoms with E-state index >= 15 is 0 Å². The highest BCUT2D eigenvalue weighted by Crippen LogP contribution is 2.33. The number of carboxylic acid groups (broad SMARTS) is 1. The molecule has 0 amide bonds. The molecule has 0 aliphatic carbocycles. The molecular formula is C15H12N2O4. The van der Waals surface area contributed by atoms with Gasteiger partial charge in [-0.05, 0) is 31.5 Å². The summed E-state index contributed by atoms with van der Waals surface area (Å²) in [6.07, 6.45) is 1.15. The number of fused-ring (bicyclic) bond motifs is 1. The summed E-state index contributed by atoms with van der Waals surface area (Å²) in [6.45, 7) is 3.66. The number of hydrogen-bond donors (Lipinski definition) is 2.